The van der Waals surface area contributed by atoms with Crippen LogP contribution >= 0.6 is 0 Å². The highest BCUT2D eigenvalue weighted by Crippen LogP contribution is 2.28. The molecule has 1 heterocycles. The summed E-state index contributed by atoms with van der Waals surface area (Å²) < 4.78 is 0. The fourth-order valence-corrected chi connectivity index (χ4v) is 2.59. The molecule has 1 saturated heterocycles. The fourth-order valence-electron chi connectivity index (χ4n) is 2.59. The van der Waals surface area contributed by atoms with Gasteiger partial charge in [0.15, 0.2) is 0 Å². The summed E-state index contributed by atoms with van der Waals surface area (Å²) in [7, 11) is 0. The molecular formula is C14H19NO. The summed E-state index contributed by atoms with van der Waals surface area (Å²) in [4.78, 5) is 11.4. The molecule has 2 nitrogen and oxygen atoms in total. The number of nitrogens with one attached hydrogen (secondary N) is 1. The van der Waals surface area contributed by atoms with Gasteiger partial charge >= 0.3 is 0 Å². The molecule has 0 aliphatic carbocycles. The van der Waals surface area contributed by atoms with Crippen molar-refractivity contribution in [3.05, 3.63) is 35.9 Å². The van der Waals surface area contributed by atoms with Crippen LogP contribution in [0.3, 0.4) is 0 Å². The zero-order valence-electron chi connectivity index (χ0n) is 9.78. The summed E-state index contributed by atoms with van der Waals surface area (Å²) in [6, 6.07) is 10.8. The van der Waals surface area contributed by atoms with Crippen molar-refractivity contribution in [1.29, 1.82) is 0 Å². The molecule has 2 unspecified atom stereocenters. The Morgan fingerprint density at radius 2 is 2.12 bits per heavy atom. The largest absolute Gasteiger partial charge is 0.353 e. The first-order valence-corrected chi connectivity index (χ1v) is 6.15. The molecule has 1 aliphatic rings. The van der Waals surface area contributed by atoms with Crippen molar-refractivity contribution in [2.75, 3.05) is 0 Å². The van der Waals surface area contributed by atoms with Crippen molar-refractivity contribution < 1.29 is 4.79 Å². The second-order valence-electron chi connectivity index (χ2n) is 4.49. The number of benzene rings is 1. The van der Waals surface area contributed by atoms with Gasteiger partial charge in [0.1, 0.15) is 0 Å². The van der Waals surface area contributed by atoms with Gasteiger partial charge in [-0.25, -0.2) is 0 Å². The van der Waals surface area contributed by atoms with Gasteiger partial charge in [0, 0.05) is 18.4 Å². The van der Waals surface area contributed by atoms with Gasteiger partial charge in [0.25, 0.3) is 0 Å². The van der Waals surface area contributed by atoms with Crippen LogP contribution in [-0.2, 0) is 4.79 Å². The lowest BCUT2D eigenvalue weighted by Crippen LogP contribution is -2.42. The summed E-state index contributed by atoms with van der Waals surface area (Å²) >= 11 is 0. The number of carbonyl (C=O) groups excluding carboxylic acids is 1. The smallest absolute Gasteiger partial charge is 0.220 e. The van der Waals surface area contributed by atoms with E-state index in [-0.39, 0.29) is 5.91 Å². The molecule has 1 aliphatic heterocycles. The van der Waals surface area contributed by atoms with Crippen LogP contribution in [0.25, 0.3) is 0 Å². The van der Waals surface area contributed by atoms with E-state index in [0.29, 0.717) is 18.4 Å². The first kappa shape index (κ1) is 11.2. The van der Waals surface area contributed by atoms with Gasteiger partial charge in [-0.15, -0.1) is 0 Å². The van der Waals surface area contributed by atoms with Gasteiger partial charge in [-0.05, 0) is 24.8 Å². The van der Waals surface area contributed by atoms with Crippen LogP contribution in [0.15, 0.2) is 30.3 Å². The third kappa shape index (κ3) is 2.43. The fraction of sp³-hybridized carbons (Fsp3) is 0.500. The maximum Gasteiger partial charge on any atom is 0.220 e. The summed E-state index contributed by atoms with van der Waals surface area (Å²) in [5.74, 6) is 0.677. The number of piperidine rings is 1. The van der Waals surface area contributed by atoms with Gasteiger partial charge < -0.3 is 5.32 Å². The van der Waals surface area contributed by atoms with Crippen molar-refractivity contribution >= 4 is 5.91 Å². The van der Waals surface area contributed by atoms with Crippen LogP contribution in [0.1, 0.15) is 44.1 Å². The molecule has 1 aromatic rings. The molecule has 1 fully saturated rings. The van der Waals surface area contributed by atoms with Crippen LogP contribution in [0.5, 0.6) is 0 Å². The minimum Gasteiger partial charge on any atom is -0.353 e. The summed E-state index contributed by atoms with van der Waals surface area (Å²) in [5, 5.41) is 3.13. The Bertz CT molecular complexity index is 347. The van der Waals surface area contributed by atoms with Crippen molar-refractivity contribution in [3.63, 3.8) is 0 Å². The van der Waals surface area contributed by atoms with Crippen LogP contribution in [0, 0.1) is 0 Å². The average molecular weight is 217 g/mol. The van der Waals surface area contributed by atoms with Crippen LogP contribution < -0.4 is 5.32 Å². The lowest BCUT2D eigenvalue weighted by molar-refractivity contribution is -0.123. The molecule has 2 rings (SSSR count). The highest BCUT2D eigenvalue weighted by Gasteiger charge is 2.26. The predicted molar refractivity (Wildman–Crippen MR) is 65.3 cm³/mol. The molecule has 0 spiro atoms. The van der Waals surface area contributed by atoms with Crippen molar-refractivity contribution in [2.45, 2.75) is 44.6 Å². The van der Waals surface area contributed by atoms with E-state index in [1.54, 1.807) is 0 Å². The summed E-state index contributed by atoms with van der Waals surface area (Å²) in [5.41, 5.74) is 1.34. The molecule has 86 valence electrons. The van der Waals surface area contributed by atoms with Crippen LogP contribution in [-0.4, -0.2) is 11.9 Å². The zero-order chi connectivity index (χ0) is 11.4. The number of carbonyl (C=O) groups is 1. The molecule has 1 amide bonds. The standard InChI is InChI=1S/C14H19NO/c1-2-12(11-7-4-3-5-8-11)13-9-6-10-14(16)15-13/h3-5,7-8,12-13H,2,6,9-10H2,1H3,(H,15,16). The Kier molecular flexibility index (Phi) is 3.60. The second-order valence-corrected chi connectivity index (χ2v) is 4.49. The molecule has 0 aromatic heterocycles. The molecule has 16 heavy (non-hydrogen) atoms. The van der Waals surface area contributed by atoms with Gasteiger partial charge in [-0.2, -0.15) is 0 Å². The molecule has 1 aromatic carbocycles. The Labute approximate surface area is 97.1 Å². The number of amides is 1. The average Bonchev–Trinajstić information content (AvgIpc) is 2.31. The first-order valence-electron chi connectivity index (χ1n) is 6.15. The van der Waals surface area contributed by atoms with E-state index in [1.165, 1.54) is 5.56 Å². The SMILES string of the molecule is CCC(c1ccccc1)C1CCCC(=O)N1. The Morgan fingerprint density at radius 3 is 2.75 bits per heavy atom. The van der Waals surface area contributed by atoms with Crippen molar-refractivity contribution in [1.82, 2.24) is 5.32 Å². The van der Waals surface area contributed by atoms with Crippen molar-refractivity contribution in [3.8, 4) is 0 Å². The maximum atomic E-state index is 11.4. The van der Waals surface area contributed by atoms with Gasteiger partial charge in [0.2, 0.25) is 5.91 Å². The van der Waals surface area contributed by atoms with E-state index >= 15 is 0 Å². The zero-order valence-corrected chi connectivity index (χ0v) is 9.78. The molecule has 2 heteroatoms. The number of hydrogen-bond acceptors (Lipinski definition) is 1. The van der Waals surface area contributed by atoms with E-state index < -0.39 is 0 Å². The quantitative estimate of drug-likeness (QED) is 0.828. The lowest BCUT2D eigenvalue weighted by atomic mass is 9.85. The van der Waals surface area contributed by atoms with Gasteiger partial charge in [-0.1, -0.05) is 37.3 Å². The summed E-state index contributed by atoms with van der Waals surface area (Å²) in [6.07, 6.45) is 3.91. The third-order valence-electron chi connectivity index (χ3n) is 3.42. The summed E-state index contributed by atoms with van der Waals surface area (Å²) in [6.45, 7) is 2.19. The lowest BCUT2D eigenvalue weighted by Gasteiger charge is -2.30. The van der Waals surface area contributed by atoms with E-state index in [2.05, 4.69) is 36.5 Å². The number of rotatable bonds is 3. The Balaban J connectivity index is 2.13. The monoisotopic (exact) mass is 217 g/mol. The predicted octanol–water partition coefficient (Wildman–Crippen LogP) is 2.85. The number of hydrogen-bond donors (Lipinski definition) is 1. The molecule has 0 bridgehead atoms. The third-order valence-corrected chi connectivity index (χ3v) is 3.42. The normalized spacial score (nSPS) is 22.6. The highest BCUT2D eigenvalue weighted by atomic mass is 16.1. The van der Waals surface area contributed by atoms with E-state index in [9.17, 15) is 4.79 Å². The van der Waals surface area contributed by atoms with Crippen molar-refractivity contribution in [2.24, 2.45) is 0 Å². The topological polar surface area (TPSA) is 29.1 Å². The highest BCUT2D eigenvalue weighted by molar-refractivity contribution is 5.77. The Hall–Kier alpha value is -1.31. The molecule has 0 radical (unpaired) electrons. The van der Waals surface area contributed by atoms with Crippen LogP contribution in [0.4, 0.5) is 0 Å². The molecule has 0 saturated carbocycles. The first-order chi connectivity index (χ1) is 7.81. The minimum atomic E-state index is 0.214. The van der Waals surface area contributed by atoms with Gasteiger partial charge in [0.05, 0.1) is 0 Å². The maximum absolute atomic E-state index is 11.4. The second kappa shape index (κ2) is 5.15. The van der Waals surface area contributed by atoms with Gasteiger partial charge in [-0.3, -0.25) is 4.79 Å². The van der Waals surface area contributed by atoms with E-state index in [4.69, 9.17) is 0 Å². The van der Waals surface area contributed by atoms with E-state index in [1.807, 2.05) is 6.07 Å². The molecule has 1 N–H and O–H groups in total. The minimum absolute atomic E-state index is 0.214. The molecule has 2 atom stereocenters. The molecular weight excluding hydrogens is 198 g/mol. The van der Waals surface area contributed by atoms with E-state index in [0.717, 1.165) is 19.3 Å². The Morgan fingerprint density at radius 1 is 1.38 bits per heavy atom. The van der Waals surface area contributed by atoms with Crippen LogP contribution in [0.2, 0.25) is 0 Å².